The largest absolute Gasteiger partial charge is 0.508 e. The second-order valence-electron chi connectivity index (χ2n) is 9.26. The normalized spacial score (nSPS) is 31.9. The van der Waals surface area contributed by atoms with Crippen molar-refractivity contribution in [2.45, 2.75) is 51.5 Å². The lowest BCUT2D eigenvalue weighted by molar-refractivity contribution is -0.122. The van der Waals surface area contributed by atoms with Gasteiger partial charge in [0.2, 0.25) is 0 Å². The molecule has 1 amide bonds. The fraction of sp³-hybridized carbons (Fsp3) is 0.565. The molecule has 0 spiro atoms. The molecule has 5 heteroatoms. The maximum Gasteiger partial charge on any atom is 0.263 e. The zero-order valence-corrected chi connectivity index (χ0v) is 16.7. The zero-order valence-electron chi connectivity index (χ0n) is 16.7. The van der Waals surface area contributed by atoms with Gasteiger partial charge in [0.15, 0.2) is 0 Å². The quantitative estimate of drug-likeness (QED) is 0.600. The molecule has 0 aromatic heterocycles. The molecule has 1 aromatic rings. The molecule has 5 rings (SSSR count). The molecule has 28 heavy (non-hydrogen) atoms. The Hall–Kier alpha value is -2.48. The standard InChI is InChI=1S/C23H29N3O2/c1-15(23-10-16-7-17(11-23)9-18(8-16)12-23)25-22(28)19(13-24)14-26(2)20-3-5-21(27)6-4-20/h3-6,14-18,27H,7-12H2,1-2H3,(H,25,28)/b19-14-. The number of benzene rings is 1. The Kier molecular flexibility index (Phi) is 4.82. The minimum Gasteiger partial charge on any atom is -0.508 e. The van der Waals surface area contributed by atoms with Crippen LogP contribution in [0.15, 0.2) is 36.0 Å². The van der Waals surface area contributed by atoms with Crippen molar-refractivity contribution in [1.82, 2.24) is 5.32 Å². The van der Waals surface area contributed by atoms with Gasteiger partial charge in [0.25, 0.3) is 5.91 Å². The minimum absolute atomic E-state index is 0.0872. The molecule has 0 radical (unpaired) electrons. The molecule has 2 N–H and O–H groups in total. The number of phenols is 1. The van der Waals surface area contributed by atoms with Crippen molar-refractivity contribution in [3.63, 3.8) is 0 Å². The molecule has 1 atom stereocenters. The predicted molar refractivity (Wildman–Crippen MR) is 108 cm³/mol. The summed E-state index contributed by atoms with van der Waals surface area (Å²) < 4.78 is 0. The number of nitrogens with zero attached hydrogens (tertiary/aromatic N) is 2. The van der Waals surface area contributed by atoms with E-state index in [0.717, 1.165) is 23.4 Å². The first-order valence-corrected chi connectivity index (χ1v) is 10.3. The zero-order chi connectivity index (χ0) is 19.9. The molecule has 1 unspecified atom stereocenters. The van der Waals surface area contributed by atoms with E-state index in [1.165, 1.54) is 38.5 Å². The number of carbonyl (C=O) groups excluding carboxylic acids is 1. The molecular weight excluding hydrogens is 350 g/mol. The van der Waals surface area contributed by atoms with Crippen LogP contribution in [0.5, 0.6) is 5.75 Å². The van der Waals surface area contributed by atoms with E-state index in [9.17, 15) is 15.2 Å². The van der Waals surface area contributed by atoms with Crippen LogP contribution in [-0.2, 0) is 4.79 Å². The number of carbonyl (C=O) groups is 1. The van der Waals surface area contributed by atoms with Gasteiger partial charge in [-0.15, -0.1) is 0 Å². The molecule has 0 aliphatic heterocycles. The Morgan fingerprint density at radius 1 is 1.21 bits per heavy atom. The number of nitriles is 1. The van der Waals surface area contributed by atoms with Gasteiger partial charge in [0.1, 0.15) is 17.4 Å². The summed E-state index contributed by atoms with van der Waals surface area (Å²) in [6, 6.07) is 8.80. The minimum atomic E-state index is -0.295. The molecule has 0 saturated heterocycles. The van der Waals surface area contributed by atoms with E-state index in [2.05, 4.69) is 18.3 Å². The lowest BCUT2D eigenvalue weighted by Gasteiger charge is -2.59. The molecule has 4 aliphatic carbocycles. The first kappa shape index (κ1) is 18.9. The van der Waals surface area contributed by atoms with Gasteiger partial charge in [0.05, 0.1) is 0 Å². The molecule has 0 heterocycles. The molecule has 4 bridgehead atoms. The van der Waals surface area contributed by atoms with E-state index < -0.39 is 0 Å². The summed E-state index contributed by atoms with van der Waals surface area (Å²) in [5.41, 5.74) is 1.12. The third-order valence-corrected chi connectivity index (χ3v) is 7.30. The average molecular weight is 380 g/mol. The molecule has 4 saturated carbocycles. The highest BCUT2D eigenvalue weighted by Crippen LogP contribution is 2.61. The molecule has 1 aromatic carbocycles. The van der Waals surface area contributed by atoms with Crippen LogP contribution in [0.2, 0.25) is 0 Å². The Bertz CT molecular complexity index is 786. The van der Waals surface area contributed by atoms with Gasteiger partial charge >= 0.3 is 0 Å². The van der Waals surface area contributed by atoms with E-state index in [1.807, 2.05) is 0 Å². The van der Waals surface area contributed by atoms with Crippen molar-refractivity contribution < 1.29 is 9.90 Å². The van der Waals surface area contributed by atoms with Gasteiger partial charge in [-0.1, -0.05) is 0 Å². The number of rotatable bonds is 5. The summed E-state index contributed by atoms with van der Waals surface area (Å²) in [6.45, 7) is 2.13. The average Bonchev–Trinajstić information content (AvgIpc) is 2.65. The highest BCUT2D eigenvalue weighted by molar-refractivity contribution is 5.97. The third-order valence-electron chi connectivity index (χ3n) is 7.30. The Morgan fingerprint density at radius 3 is 2.25 bits per heavy atom. The molecule has 148 valence electrons. The van der Waals surface area contributed by atoms with Crippen LogP contribution in [0.25, 0.3) is 0 Å². The van der Waals surface area contributed by atoms with Crippen molar-refractivity contribution in [2.24, 2.45) is 23.2 Å². The number of anilines is 1. The highest BCUT2D eigenvalue weighted by atomic mass is 16.3. The third kappa shape index (κ3) is 3.48. The van der Waals surface area contributed by atoms with Crippen LogP contribution in [0.1, 0.15) is 45.4 Å². The van der Waals surface area contributed by atoms with E-state index in [0.29, 0.717) is 0 Å². The summed E-state index contributed by atoms with van der Waals surface area (Å²) >= 11 is 0. The predicted octanol–water partition coefficient (Wildman–Crippen LogP) is 3.96. The molecule has 5 nitrogen and oxygen atoms in total. The number of hydrogen-bond acceptors (Lipinski definition) is 4. The number of hydrogen-bond donors (Lipinski definition) is 2. The van der Waals surface area contributed by atoms with Crippen molar-refractivity contribution >= 4 is 11.6 Å². The fourth-order valence-electron chi connectivity index (χ4n) is 6.23. The maximum absolute atomic E-state index is 12.8. The van der Waals surface area contributed by atoms with Crippen molar-refractivity contribution in [3.8, 4) is 11.8 Å². The number of phenolic OH excluding ortho intramolecular Hbond substituents is 1. The van der Waals surface area contributed by atoms with Crippen LogP contribution in [0, 0.1) is 34.5 Å². The maximum atomic E-state index is 12.8. The first-order valence-electron chi connectivity index (χ1n) is 10.3. The van der Waals surface area contributed by atoms with Crippen molar-refractivity contribution in [2.75, 3.05) is 11.9 Å². The van der Waals surface area contributed by atoms with E-state index in [-0.39, 0.29) is 28.7 Å². The summed E-state index contributed by atoms with van der Waals surface area (Å²) in [7, 11) is 1.79. The van der Waals surface area contributed by atoms with Crippen molar-refractivity contribution in [1.29, 1.82) is 5.26 Å². The second kappa shape index (κ2) is 7.16. The van der Waals surface area contributed by atoms with E-state index >= 15 is 0 Å². The van der Waals surface area contributed by atoms with Crippen LogP contribution < -0.4 is 10.2 Å². The lowest BCUT2D eigenvalue weighted by Crippen LogP contribution is -2.56. The number of amides is 1. The van der Waals surface area contributed by atoms with Gasteiger partial charge in [-0.3, -0.25) is 4.79 Å². The lowest BCUT2D eigenvalue weighted by atomic mass is 9.48. The van der Waals surface area contributed by atoms with E-state index in [4.69, 9.17) is 0 Å². The van der Waals surface area contributed by atoms with Crippen LogP contribution in [0.4, 0.5) is 5.69 Å². The molecule has 4 aliphatic rings. The highest BCUT2D eigenvalue weighted by Gasteiger charge is 2.53. The smallest absolute Gasteiger partial charge is 0.263 e. The van der Waals surface area contributed by atoms with Gasteiger partial charge in [-0.05, 0) is 92.9 Å². The Morgan fingerprint density at radius 2 is 1.75 bits per heavy atom. The first-order chi connectivity index (χ1) is 13.4. The Balaban J connectivity index is 1.45. The second-order valence-corrected chi connectivity index (χ2v) is 9.26. The number of aromatic hydroxyl groups is 1. The van der Waals surface area contributed by atoms with Crippen molar-refractivity contribution in [3.05, 3.63) is 36.0 Å². The number of nitrogens with one attached hydrogen (secondary N) is 1. The summed E-state index contributed by atoms with van der Waals surface area (Å²) in [6.07, 6.45) is 9.36. The van der Waals surface area contributed by atoms with Gasteiger partial charge < -0.3 is 15.3 Å². The molecule has 4 fully saturated rings. The van der Waals surface area contributed by atoms with E-state index in [1.54, 1.807) is 42.4 Å². The van der Waals surface area contributed by atoms with Crippen LogP contribution in [0.3, 0.4) is 0 Å². The fourth-order valence-corrected chi connectivity index (χ4v) is 6.23. The summed E-state index contributed by atoms with van der Waals surface area (Å²) in [5, 5.41) is 22.1. The summed E-state index contributed by atoms with van der Waals surface area (Å²) in [4.78, 5) is 14.6. The monoisotopic (exact) mass is 379 g/mol. The topological polar surface area (TPSA) is 76.4 Å². The van der Waals surface area contributed by atoms with Gasteiger partial charge in [0, 0.05) is 25.0 Å². The van der Waals surface area contributed by atoms with Gasteiger partial charge in [-0.25, -0.2) is 0 Å². The Labute approximate surface area is 167 Å². The van der Waals surface area contributed by atoms with Crippen LogP contribution in [-0.4, -0.2) is 24.1 Å². The summed E-state index contributed by atoms with van der Waals surface area (Å²) in [5.74, 6) is 2.38. The molecular formula is C23H29N3O2. The SMILES string of the molecule is CC(NC(=O)/C(C#N)=C\N(C)c1ccc(O)cc1)C12CC3CC(CC(C3)C1)C2. The van der Waals surface area contributed by atoms with Gasteiger partial charge in [-0.2, -0.15) is 5.26 Å². The van der Waals surface area contributed by atoms with Crippen LogP contribution >= 0.6 is 0 Å².